The normalized spacial score (nSPS) is 23.5. The van der Waals surface area contributed by atoms with Gasteiger partial charge in [0.25, 0.3) is 0 Å². The number of nitrogens with two attached hydrogens (primary N) is 1. The van der Waals surface area contributed by atoms with E-state index in [1.165, 1.54) is 28.5 Å². The van der Waals surface area contributed by atoms with E-state index in [2.05, 4.69) is 30.3 Å². The fraction of sp³-hybridized carbons (Fsp3) is 0.308. The molecule has 0 saturated carbocycles. The van der Waals surface area contributed by atoms with Crippen LogP contribution < -0.4 is 5.73 Å². The van der Waals surface area contributed by atoms with Crippen LogP contribution in [-0.4, -0.2) is 11.5 Å². The summed E-state index contributed by atoms with van der Waals surface area (Å²) >= 11 is 13.8. The predicted octanol–water partition coefficient (Wildman–Crippen LogP) is 7.33. The van der Waals surface area contributed by atoms with Gasteiger partial charge >= 0.3 is 0 Å². The Labute approximate surface area is 203 Å². The maximum absolute atomic E-state index is 13.2. The van der Waals surface area contributed by atoms with Gasteiger partial charge in [-0.25, -0.2) is 0 Å². The zero-order valence-electron chi connectivity index (χ0n) is 18.0. The number of ketones is 1. The lowest BCUT2D eigenvalue weighted by molar-refractivity contribution is -0.116. The summed E-state index contributed by atoms with van der Waals surface area (Å²) in [5.41, 5.74) is 11.1. The van der Waals surface area contributed by atoms with Gasteiger partial charge in [0.15, 0.2) is 5.78 Å². The molecule has 1 aliphatic heterocycles. The molecule has 6 heteroatoms. The van der Waals surface area contributed by atoms with Crippen molar-refractivity contribution in [1.29, 1.82) is 0 Å². The molecule has 2 aromatic carbocycles. The Hall–Kier alpha value is -1.85. The van der Waals surface area contributed by atoms with Crippen LogP contribution in [0.15, 0.2) is 75.1 Å². The van der Waals surface area contributed by atoms with E-state index in [0.717, 1.165) is 42.7 Å². The molecule has 0 spiro atoms. The van der Waals surface area contributed by atoms with Gasteiger partial charge in [-0.15, -0.1) is 0 Å². The van der Waals surface area contributed by atoms with Crippen LogP contribution >= 0.6 is 35.0 Å². The number of nitrogens with zero attached hydrogens (tertiary/aromatic N) is 1. The maximum atomic E-state index is 13.2. The van der Waals surface area contributed by atoms with Crippen molar-refractivity contribution in [2.45, 2.75) is 50.0 Å². The smallest absolute Gasteiger partial charge is 0.179 e. The van der Waals surface area contributed by atoms with E-state index < -0.39 is 0 Å². The summed E-state index contributed by atoms with van der Waals surface area (Å²) in [5.74, 6) is -0.230. The highest BCUT2D eigenvalue weighted by Gasteiger charge is 2.29. The van der Waals surface area contributed by atoms with Crippen molar-refractivity contribution in [1.82, 2.24) is 0 Å². The van der Waals surface area contributed by atoms with Gasteiger partial charge in [0, 0.05) is 17.1 Å². The minimum atomic E-state index is -0.296. The first-order chi connectivity index (χ1) is 15.5. The van der Waals surface area contributed by atoms with E-state index in [-0.39, 0.29) is 17.7 Å². The van der Waals surface area contributed by atoms with Gasteiger partial charge in [0.05, 0.1) is 26.6 Å². The second-order valence-electron chi connectivity index (χ2n) is 8.21. The molecule has 2 N–H and O–H groups in total. The summed E-state index contributed by atoms with van der Waals surface area (Å²) < 4.78 is 0. The largest absolute Gasteiger partial charge is 0.324 e. The number of hydrogen-bond donors (Lipinski definition) is 1. The summed E-state index contributed by atoms with van der Waals surface area (Å²) in [5, 5.41) is 0.936. The van der Waals surface area contributed by atoms with Crippen LogP contribution in [-0.2, 0) is 11.2 Å². The Balaban J connectivity index is 1.56. The number of aryl methyl sites for hydroxylation is 1. The van der Waals surface area contributed by atoms with E-state index >= 15 is 0 Å². The fourth-order valence-electron chi connectivity index (χ4n) is 4.28. The van der Waals surface area contributed by atoms with Crippen LogP contribution in [0.25, 0.3) is 0 Å². The number of allylic oxidation sites excluding steroid dienone is 3. The zero-order valence-corrected chi connectivity index (χ0v) is 20.3. The Morgan fingerprint density at radius 2 is 1.91 bits per heavy atom. The van der Waals surface area contributed by atoms with E-state index in [9.17, 15) is 4.79 Å². The topological polar surface area (TPSA) is 55.5 Å². The van der Waals surface area contributed by atoms with E-state index in [1.54, 1.807) is 12.3 Å². The Morgan fingerprint density at radius 1 is 1.09 bits per heavy atom. The van der Waals surface area contributed by atoms with Crippen molar-refractivity contribution >= 4 is 46.5 Å². The van der Waals surface area contributed by atoms with Crippen molar-refractivity contribution in [3.05, 3.63) is 86.4 Å². The monoisotopic (exact) mass is 484 g/mol. The third-order valence-electron chi connectivity index (χ3n) is 6.05. The Bertz CT molecular complexity index is 1120. The standard InChI is InChI=1S/C26H26Cl2N2OS/c1-16-25(30-15-23(26(16)31)32-22-14-6-12-20(27)24(22)28)18-9-4-8-17-7-2-3-11-19(17)21(29)13-5-10-18/h2-3,6-7,10-12,14-16,21H,4-5,8-9,13,29H2,1H3/b18-10+/t16?,21-/m0/s1. The van der Waals surface area contributed by atoms with Crippen LogP contribution in [0.3, 0.4) is 0 Å². The molecule has 3 nitrogen and oxygen atoms in total. The quantitative estimate of drug-likeness (QED) is 0.495. The second-order valence-corrected chi connectivity index (χ2v) is 10.1. The molecule has 0 saturated heterocycles. The van der Waals surface area contributed by atoms with Gasteiger partial charge in [-0.3, -0.25) is 9.79 Å². The van der Waals surface area contributed by atoms with Crippen molar-refractivity contribution < 1.29 is 4.79 Å². The number of aliphatic imine (C=N–C) groups is 1. The third kappa shape index (κ3) is 5.04. The second kappa shape index (κ2) is 10.4. The molecule has 1 heterocycles. The number of carbonyl (C=O) groups is 1. The number of benzene rings is 2. The van der Waals surface area contributed by atoms with Gasteiger partial charge in [0.2, 0.25) is 0 Å². The Morgan fingerprint density at radius 3 is 2.75 bits per heavy atom. The summed E-state index contributed by atoms with van der Waals surface area (Å²) in [6.07, 6.45) is 8.53. The summed E-state index contributed by atoms with van der Waals surface area (Å²) in [6.45, 7) is 1.94. The lowest BCUT2D eigenvalue weighted by Crippen LogP contribution is -2.26. The molecule has 1 aliphatic carbocycles. The molecule has 0 radical (unpaired) electrons. The number of Topliss-reactive ketones (excluding diaryl/α,β-unsaturated/α-hetero) is 1. The SMILES string of the molecule is CC1C(=O)C(Sc2cccc(Cl)c2Cl)=CN=C1/C1=C/CC[C@H](N)c2ccccc2CCC1. The highest BCUT2D eigenvalue weighted by atomic mass is 35.5. The van der Waals surface area contributed by atoms with Gasteiger partial charge in [0.1, 0.15) is 0 Å². The van der Waals surface area contributed by atoms with Crippen LogP contribution in [0.1, 0.15) is 49.8 Å². The van der Waals surface area contributed by atoms with Gasteiger partial charge in [-0.1, -0.05) is 71.4 Å². The molecule has 0 amide bonds. The molecule has 2 aromatic rings. The lowest BCUT2D eigenvalue weighted by Gasteiger charge is -2.23. The molecule has 166 valence electrons. The van der Waals surface area contributed by atoms with E-state index in [1.807, 2.05) is 19.1 Å². The average Bonchev–Trinajstić information content (AvgIpc) is 2.79. The molecular formula is C26H26Cl2N2OS. The number of rotatable bonds is 3. The highest BCUT2D eigenvalue weighted by Crippen LogP contribution is 2.39. The molecule has 2 aliphatic rings. The fourth-order valence-corrected chi connectivity index (χ4v) is 5.72. The van der Waals surface area contributed by atoms with Crippen LogP contribution in [0.4, 0.5) is 0 Å². The number of hydrogen-bond acceptors (Lipinski definition) is 4. The van der Waals surface area contributed by atoms with Crippen molar-refractivity contribution in [2.75, 3.05) is 0 Å². The van der Waals surface area contributed by atoms with Crippen LogP contribution in [0.2, 0.25) is 10.0 Å². The Kier molecular flexibility index (Phi) is 7.57. The number of thioether (sulfide) groups is 1. The molecule has 32 heavy (non-hydrogen) atoms. The average molecular weight is 485 g/mol. The number of halogens is 2. The van der Waals surface area contributed by atoms with Crippen molar-refractivity contribution in [2.24, 2.45) is 16.6 Å². The first-order valence-corrected chi connectivity index (χ1v) is 12.5. The molecule has 0 bridgehead atoms. The predicted molar refractivity (Wildman–Crippen MR) is 136 cm³/mol. The number of fused-ring (bicyclic) bond motifs is 1. The van der Waals surface area contributed by atoms with Gasteiger partial charge < -0.3 is 5.73 Å². The number of carbonyl (C=O) groups excluding carboxylic acids is 1. The van der Waals surface area contributed by atoms with Gasteiger partial charge in [-0.2, -0.15) is 0 Å². The molecule has 1 unspecified atom stereocenters. The summed E-state index contributed by atoms with van der Waals surface area (Å²) in [6, 6.07) is 13.9. The third-order valence-corrected chi connectivity index (χ3v) is 8.07. The minimum Gasteiger partial charge on any atom is -0.324 e. The lowest BCUT2D eigenvalue weighted by atomic mass is 9.86. The summed E-state index contributed by atoms with van der Waals surface area (Å²) in [7, 11) is 0. The van der Waals surface area contributed by atoms with Crippen LogP contribution in [0, 0.1) is 5.92 Å². The molecule has 2 atom stereocenters. The zero-order chi connectivity index (χ0) is 22.7. The van der Waals surface area contributed by atoms with Gasteiger partial charge in [-0.05, 0) is 67.9 Å². The van der Waals surface area contributed by atoms with Crippen molar-refractivity contribution in [3.8, 4) is 0 Å². The first kappa shape index (κ1) is 23.3. The maximum Gasteiger partial charge on any atom is 0.179 e. The van der Waals surface area contributed by atoms with Crippen molar-refractivity contribution in [3.63, 3.8) is 0 Å². The molecule has 0 aromatic heterocycles. The summed E-state index contributed by atoms with van der Waals surface area (Å²) in [4.78, 5) is 19.3. The molecule has 0 fully saturated rings. The highest BCUT2D eigenvalue weighted by molar-refractivity contribution is 8.04. The van der Waals surface area contributed by atoms with E-state index in [0.29, 0.717) is 15.0 Å². The molecular weight excluding hydrogens is 459 g/mol. The first-order valence-electron chi connectivity index (χ1n) is 10.9. The van der Waals surface area contributed by atoms with Crippen LogP contribution in [0.5, 0.6) is 0 Å². The van der Waals surface area contributed by atoms with E-state index in [4.69, 9.17) is 33.9 Å². The molecule has 4 rings (SSSR count). The minimum absolute atomic E-state index is 0.0273.